The van der Waals surface area contributed by atoms with Crippen molar-refractivity contribution in [2.24, 2.45) is 0 Å². The number of rotatable bonds is 4. The lowest BCUT2D eigenvalue weighted by Crippen LogP contribution is -2.42. The third kappa shape index (κ3) is 5.82. The van der Waals surface area contributed by atoms with E-state index >= 15 is 0 Å². The first kappa shape index (κ1) is 25.3. The largest absolute Gasteiger partial charge is 0.484 e. The molecule has 3 heterocycles. The summed E-state index contributed by atoms with van der Waals surface area (Å²) in [6.45, 7) is 8.48. The predicted molar refractivity (Wildman–Crippen MR) is 143 cm³/mol. The van der Waals surface area contributed by atoms with Gasteiger partial charge in [0.2, 0.25) is 5.95 Å². The van der Waals surface area contributed by atoms with Crippen molar-refractivity contribution in [1.82, 2.24) is 20.3 Å². The molecule has 10 heteroatoms. The average molecular weight is 526 g/mol. The number of amides is 1. The van der Waals surface area contributed by atoms with E-state index in [0.717, 1.165) is 53.4 Å². The van der Waals surface area contributed by atoms with E-state index in [4.69, 9.17) is 35.8 Å². The Labute approximate surface area is 221 Å². The summed E-state index contributed by atoms with van der Waals surface area (Å²) in [7, 11) is 0. The number of hydrogen-bond donors (Lipinski definition) is 2. The second-order valence-electron chi connectivity index (χ2n) is 10.5. The number of fused-ring (bicyclic) bond motifs is 2. The SMILES string of the molecule is Cc1nc(NC2CCC(NC(=O)OC(C)(C)C)CC2)nc2ccc(-c3c(Cl)cnc4c3OCCO4)cc12. The summed E-state index contributed by atoms with van der Waals surface area (Å²) in [5.41, 5.74) is 2.86. The van der Waals surface area contributed by atoms with Gasteiger partial charge < -0.3 is 24.8 Å². The molecule has 1 saturated carbocycles. The Morgan fingerprint density at radius 2 is 1.81 bits per heavy atom. The van der Waals surface area contributed by atoms with Crippen LogP contribution in [0.3, 0.4) is 0 Å². The fourth-order valence-electron chi connectivity index (χ4n) is 4.78. The molecule has 2 N–H and O–H groups in total. The van der Waals surface area contributed by atoms with E-state index in [0.29, 0.717) is 35.8 Å². The van der Waals surface area contributed by atoms with Gasteiger partial charge in [-0.3, -0.25) is 0 Å². The quantitative estimate of drug-likeness (QED) is 0.448. The van der Waals surface area contributed by atoms with E-state index in [1.807, 2.05) is 45.9 Å². The summed E-state index contributed by atoms with van der Waals surface area (Å²) in [5, 5.41) is 7.91. The molecule has 0 saturated heterocycles. The van der Waals surface area contributed by atoms with Crippen LogP contribution in [0.4, 0.5) is 10.7 Å². The van der Waals surface area contributed by atoms with Gasteiger partial charge in [-0.1, -0.05) is 17.7 Å². The normalized spacial score (nSPS) is 19.4. The minimum absolute atomic E-state index is 0.116. The van der Waals surface area contributed by atoms with Gasteiger partial charge in [-0.05, 0) is 71.1 Å². The van der Waals surface area contributed by atoms with Crippen molar-refractivity contribution in [3.63, 3.8) is 0 Å². The van der Waals surface area contributed by atoms with Crippen molar-refractivity contribution >= 4 is 34.5 Å². The summed E-state index contributed by atoms with van der Waals surface area (Å²) in [6, 6.07) is 6.34. The molecule has 1 aromatic carbocycles. The number of halogens is 1. The number of nitrogens with one attached hydrogen (secondary N) is 2. The van der Waals surface area contributed by atoms with E-state index in [1.54, 1.807) is 6.20 Å². The molecule has 1 fully saturated rings. The minimum Gasteiger partial charge on any atom is -0.484 e. The van der Waals surface area contributed by atoms with Gasteiger partial charge in [0.05, 0.1) is 22.4 Å². The molecule has 196 valence electrons. The van der Waals surface area contributed by atoms with Crippen LogP contribution in [0.25, 0.3) is 22.0 Å². The zero-order chi connectivity index (χ0) is 26.2. The summed E-state index contributed by atoms with van der Waals surface area (Å²) in [4.78, 5) is 25.8. The molecule has 0 bridgehead atoms. The topological polar surface area (TPSA) is 107 Å². The zero-order valence-corrected chi connectivity index (χ0v) is 22.3. The number of aryl methyl sites for hydroxylation is 1. The molecule has 0 radical (unpaired) electrons. The maximum absolute atomic E-state index is 12.1. The standard InChI is InChI=1S/C27H32ClN5O4/c1-15-19-13-16(22-20(28)14-29-24-23(22)35-11-12-36-24)5-10-21(19)33-25(30-15)31-17-6-8-18(9-7-17)32-26(34)37-27(2,3)4/h5,10,13-14,17-18H,6-9,11-12H2,1-4H3,(H,32,34)(H,30,31,33). The first-order valence-corrected chi connectivity index (χ1v) is 13.0. The number of nitrogens with zero attached hydrogens (tertiary/aromatic N) is 3. The van der Waals surface area contributed by atoms with Crippen LogP contribution >= 0.6 is 11.6 Å². The molecule has 0 spiro atoms. The van der Waals surface area contributed by atoms with Gasteiger partial charge in [0.1, 0.15) is 18.8 Å². The van der Waals surface area contributed by atoms with Crippen molar-refractivity contribution in [3.05, 3.63) is 35.1 Å². The van der Waals surface area contributed by atoms with Gasteiger partial charge in [0.15, 0.2) is 5.75 Å². The summed E-state index contributed by atoms with van der Waals surface area (Å²) < 4.78 is 16.9. The van der Waals surface area contributed by atoms with Crippen molar-refractivity contribution in [1.29, 1.82) is 0 Å². The van der Waals surface area contributed by atoms with Gasteiger partial charge >= 0.3 is 6.09 Å². The summed E-state index contributed by atoms with van der Waals surface area (Å²) in [6.07, 6.45) is 4.79. The summed E-state index contributed by atoms with van der Waals surface area (Å²) in [5.74, 6) is 1.62. The predicted octanol–water partition coefficient (Wildman–Crippen LogP) is 5.67. The van der Waals surface area contributed by atoms with Gasteiger partial charge in [-0.2, -0.15) is 0 Å². The molecule has 1 amide bonds. The van der Waals surface area contributed by atoms with Crippen LogP contribution in [0.1, 0.15) is 52.1 Å². The lowest BCUT2D eigenvalue weighted by Gasteiger charge is -2.30. The lowest BCUT2D eigenvalue weighted by atomic mass is 9.91. The van der Waals surface area contributed by atoms with Crippen LogP contribution in [0, 0.1) is 6.92 Å². The van der Waals surface area contributed by atoms with E-state index in [9.17, 15) is 4.79 Å². The van der Waals surface area contributed by atoms with E-state index in [1.165, 1.54) is 0 Å². The maximum atomic E-state index is 12.1. The van der Waals surface area contributed by atoms with Crippen molar-refractivity contribution < 1.29 is 19.0 Å². The third-order valence-electron chi connectivity index (χ3n) is 6.48. The number of aromatic nitrogens is 3. The number of hydrogen-bond acceptors (Lipinski definition) is 8. The third-order valence-corrected chi connectivity index (χ3v) is 6.77. The number of pyridine rings is 1. The Kier molecular flexibility index (Phi) is 6.98. The molecule has 37 heavy (non-hydrogen) atoms. The fraction of sp³-hybridized carbons (Fsp3) is 0.481. The van der Waals surface area contributed by atoms with Crippen LogP contribution < -0.4 is 20.1 Å². The Morgan fingerprint density at radius 1 is 1.08 bits per heavy atom. The highest BCUT2D eigenvalue weighted by Gasteiger charge is 2.26. The van der Waals surface area contributed by atoms with Gasteiger partial charge in [-0.25, -0.2) is 19.7 Å². The van der Waals surface area contributed by atoms with E-state index < -0.39 is 5.60 Å². The molecule has 1 aliphatic carbocycles. The Morgan fingerprint density at radius 3 is 2.57 bits per heavy atom. The number of benzene rings is 1. The highest BCUT2D eigenvalue weighted by Crippen LogP contribution is 2.43. The highest BCUT2D eigenvalue weighted by atomic mass is 35.5. The van der Waals surface area contributed by atoms with Crippen LogP contribution in [-0.2, 0) is 4.74 Å². The molecule has 3 aromatic rings. The second kappa shape index (κ2) is 10.2. The molecular formula is C27H32ClN5O4. The zero-order valence-electron chi connectivity index (χ0n) is 21.6. The Balaban J connectivity index is 1.28. The van der Waals surface area contributed by atoms with Gasteiger partial charge in [0.25, 0.3) is 5.88 Å². The monoisotopic (exact) mass is 525 g/mol. The molecule has 0 atom stereocenters. The number of carbonyl (C=O) groups is 1. The minimum atomic E-state index is -0.499. The van der Waals surface area contributed by atoms with Crippen LogP contribution in [0.2, 0.25) is 5.02 Å². The maximum Gasteiger partial charge on any atom is 0.407 e. The number of carbonyl (C=O) groups excluding carboxylic acids is 1. The highest BCUT2D eigenvalue weighted by molar-refractivity contribution is 6.33. The Hall–Kier alpha value is -3.33. The van der Waals surface area contributed by atoms with E-state index in [2.05, 4.69) is 15.6 Å². The second-order valence-corrected chi connectivity index (χ2v) is 10.9. The molecule has 2 aliphatic rings. The van der Waals surface area contributed by atoms with E-state index in [-0.39, 0.29) is 18.2 Å². The van der Waals surface area contributed by atoms with Crippen LogP contribution in [0.15, 0.2) is 24.4 Å². The first-order valence-electron chi connectivity index (χ1n) is 12.7. The number of alkyl carbamates (subject to hydrolysis) is 1. The Bertz CT molecular complexity index is 1320. The van der Waals surface area contributed by atoms with Crippen molar-refractivity contribution in [2.75, 3.05) is 18.5 Å². The van der Waals surface area contributed by atoms with Crippen LogP contribution in [-0.4, -0.2) is 51.9 Å². The average Bonchev–Trinajstić information content (AvgIpc) is 2.84. The first-order chi connectivity index (χ1) is 17.7. The molecule has 0 unspecified atom stereocenters. The molecule has 1 aliphatic heterocycles. The molecular weight excluding hydrogens is 494 g/mol. The number of ether oxygens (including phenoxy) is 3. The van der Waals surface area contributed by atoms with Gasteiger partial charge in [-0.15, -0.1) is 0 Å². The van der Waals surface area contributed by atoms with Crippen LogP contribution in [0.5, 0.6) is 11.6 Å². The fourth-order valence-corrected chi connectivity index (χ4v) is 5.03. The lowest BCUT2D eigenvalue weighted by molar-refractivity contribution is 0.0492. The van der Waals surface area contributed by atoms with Crippen molar-refractivity contribution in [2.45, 2.75) is 71.1 Å². The van der Waals surface area contributed by atoms with Crippen molar-refractivity contribution in [3.8, 4) is 22.8 Å². The molecule has 2 aromatic heterocycles. The summed E-state index contributed by atoms with van der Waals surface area (Å²) >= 11 is 6.52. The van der Waals surface area contributed by atoms with Gasteiger partial charge in [0, 0.05) is 23.0 Å². The molecule has 5 rings (SSSR count). The molecule has 9 nitrogen and oxygen atoms in total. The smallest absolute Gasteiger partial charge is 0.407 e. The number of anilines is 1.